The summed E-state index contributed by atoms with van der Waals surface area (Å²) in [6.45, 7) is 7.38. The van der Waals surface area contributed by atoms with Crippen LogP contribution in [0.2, 0.25) is 0 Å². The zero-order chi connectivity index (χ0) is 15.9. The molecule has 112 valence electrons. The van der Waals surface area contributed by atoms with Crippen LogP contribution in [-0.2, 0) is 9.53 Å². The van der Waals surface area contributed by atoms with E-state index in [9.17, 15) is 4.79 Å². The highest BCUT2D eigenvalue weighted by Gasteiger charge is 2.16. The average Bonchev–Trinajstić information content (AvgIpc) is 2.43. The number of thiol groups is 1. The second-order valence-electron chi connectivity index (χ2n) is 3.80. The molecule has 1 aromatic carbocycles. The number of rotatable bonds is 4. The van der Waals surface area contributed by atoms with Crippen LogP contribution in [0.5, 0.6) is 5.75 Å². The lowest BCUT2D eigenvalue weighted by Gasteiger charge is -2.14. The van der Waals surface area contributed by atoms with Crippen LogP contribution in [0.25, 0.3) is 5.76 Å². The monoisotopic (exact) mass is 298 g/mol. The molecule has 1 N–H and O–H groups in total. The summed E-state index contributed by atoms with van der Waals surface area (Å²) in [6, 6.07) is 3.54. The van der Waals surface area contributed by atoms with Crippen molar-refractivity contribution in [2.45, 2.75) is 32.6 Å². The van der Waals surface area contributed by atoms with Crippen LogP contribution in [-0.4, -0.2) is 25.3 Å². The Kier molecular flexibility index (Phi) is 7.84. The van der Waals surface area contributed by atoms with E-state index in [2.05, 4.69) is 12.6 Å². The Labute approximate surface area is 125 Å². The first-order valence-corrected chi connectivity index (χ1v) is 6.73. The molecule has 0 heterocycles. The quantitative estimate of drug-likeness (QED) is 0.504. The standard InChI is InChI=1S/C13H16O4S.C2H6/c1-7-5-11(18)9(6-10(7)16-3)12(17-4)8(2)13(14)15;1-2/h5-6,18H,1-4H3,(H,14,15);1-2H3/b12-8-;. The van der Waals surface area contributed by atoms with Crippen molar-refractivity contribution < 1.29 is 19.4 Å². The Morgan fingerprint density at radius 3 is 2.20 bits per heavy atom. The summed E-state index contributed by atoms with van der Waals surface area (Å²) in [6.07, 6.45) is 0. The molecule has 0 spiro atoms. The van der Waals surface area contributed by atoms with E-state index >= 15 is 0 Å². The molecule has 0 fully saturated rings. The number of aryl methyl sites for hydroxylation is 1. The van der Waals surface area contributed by atoms with E-state index in [4.69, 9.17) is 14.6 Å². The van der Waals surface area contributed by atoms with Crippen molar-refractivity contribution in [3.8, 4) is 5.75 Å². The minimum absolute atomic E-state index is 0.124. The smallest absolute Gasteiger partial charge is 0.335 e. The maximum Gasteiger partial charge on any atom is 0.335 e. The highest BCUT2D eigenvalue weighted by molar-refractivity contribution is 7.80. The molecule has 0 amide bonds. The fourth-order valence-corrected chi connectivity index (χ4v) is 2.00. The summed E-state index contributed by atoms with van der Waals surface area (Å²) in [5.74, 6) is -0.0829. The van der Waals surface area contributed by atoms with Gasteiger partial charge in [-0.05, 0) is 31.5 Å². The van der Waals surface area contributed by atoms with Crippen LogP contribution in [0, 0.1) is 6.92 Å². The van der Waals surface area contributed by atoms with Gasteiger partial charge in [-0.25, -0.2) is 4.79 Å². The maximum absolute atomic E-state index is 11.0. The molecule has 0 saturated carbocycles. The first-order valence-electron chi connectivity index (χ1n) is 6.28. The van der Waals surface area contributed by atoms with Gasteiger partial charge in [0.1, 0.15) is 11.5 Å². The molecule has 0 aromatic heterocycles. The van der Waals surface area contributed by atoms with Crippen molar-refractivity contribution in [1.29, 1.82) is 0 Å². The van der Waals surface area contributed by atoms with E-state index in [1.807, 2.05) is 26.8 Å². The fraction of sp³-hybridized carbons (Fsp3) is 0.400. The third kappa shape index (κ3) is 4.20. The predicted octanol–water partition coefficient (Wildman–Crippen LogP) is 3.78. The summed E-state index contributed by atoms with van der Waals surface area (Å²) in [4.78, 5) is 11.7. The molecule has 0 radical (unpaired) electrons. The van der Waals surface area contributed by atoms with Gasteiger partial charge in [0.15, 0.2) is 0 Å². The Hall–Kier alpha value is -1.62. The first-order chi connectivity index (χ1) is 9.42. The van der Waals surface area contributed by atoms with Gasteiger partial charge in [0.2, 0.25) is 0 Å². The molecule has 1 rings (SSSR count). The molecule has 0 saturated heterocycles. The Morgan fingerprint density at radius 2 is 1.80 bits per heavy atom. The molecule has 0 unspecified atom stereocenters. The number of carboxylic acids is 1. The molecular formula is C15H22O4S. The average molecular weight is 298 g/mol. The Morgan fingerprint density at radius 1 is 1.25 bits per heavy atom. The van der Waals surface area contributed by atoms with Gasteiger partial charge in [0, 0.05) is 10.5 Å². The number of carboxylic acid groups (broad SMARTS) is 1. The number of hydrogen-bond acceptors (Lipinski definition) is 4. The number of benzene rings is 1. The summed E-state index contributed by atoms with van der Waals surface area (Å²) in [5, 5.41) is 9.02. The molecule has 0 aliphatic rings. The van der Waals surface area contributed by atoms with Gasteiger partial charge in [-0.15, -0.1) is 12.6 Å². The maximum atomic E-state index is 11.0. The lowest BCUT2D eigenvalue weighted by molar-refractivity contribution is -0.132. The molecule has 5 heteroatoms. The minimum Gasteiger partial charge on any atom is -0.496 e. The molecular weight excluding hydrogens is 276 g/mol. The van der Waals surface area contributed by atoms with Gasteiger partial charge in [-0.2, -0.15) is 0 Å². The van der Waals surface area contributed by atoms with Crippen LogP contribution in [0.3, 0.4) is 0 Å². The number of aliphatic carboxylic acids is 1. The van der Waals surface area contributed by atoms with E-state index in [0.717, 1.165) is 5.56 Å². The number of ether oxygens (including phenoxy) is 2. The zero-order valence-electron chi connectivity index (χ0n) is 12.8. The van der Waals surface area contributed by atoms with Gasteiger partial charge >= 0.3 is 5.97 Å². The van der Waals surface area contributed by atoms with Gasteiger partial charge < -0.3 is 14.6 Å². The summed E-state index contributed by atoms with van der Waals surface area (Å²) in [5.41, 5.74) is 1.65. The predicted molar refractivity (Wildman–Crippen MR) is 83.6 cm³/mol. The highest BCUT2D eigenvalue weighted by atomic mass is 32.1. The van der Waals surface area contributed by atoms with Crippen LogP contribution in [0.1, 0.15) is 31.9 Å². The Bertz CT molecular complexity index is 507. The minimum atomic E-state index is -1.03. The van der Waals surface area contributed by atoms with Crippen molar-refractivity contribution in [2.75, 3.05) is 14.2 Å². The van der Waals surface area contributed by atoms with Gasteiger partial charge in [-0.3, -0.25) is 0 Å². The zero-order valence-corrected chi connectivity index (χ0v) is 13.7. The normalized spacial score (nSPS) is 10.9. The van der Waals surface area contributed by atoms with Crippen molar-refractivity contribution in [1.82, 2.24) is 0 Å². The lowest BCUT2D eigenvalue weighted by atomic mass is 10.1. The van der Waals surface area contributed by atoms with Crippen molar-refractivity contribution in [2.24, 2.45) is 0 Å². The number of carbonyl (C=O) groups is 1. The van der Waals surface area contributed by atoms with Gasteiger partial charge in [-0.1, -0.05) is 13.8 Å². The Balaban J connectivity index is 0.00000172. The van der Waals surface area contributed by atoms with Crippen LogP contribution in [0.15, 0.2) is 22.6 Å². The second kappa shape index (κ2) is 8.53. The van der Waals surface area contributed by atoms with E-state index in [1.54, 1.807) is 13.2 Å². The van der Waals surface area contributed by atoms with Crippen LogP contribution in [0.4, 0.5) is 0 Å². The molecule has 0 aliphatic carbocycles. The lowest BCUT2D eigenvalue weighted by Crippen LogP contribution is -2.03. The molecule has 4 nitrogen and oxygen atoms in total. The van der Waals surface area contributed by atoms with Crippen LogP contribution < -0.4 is 4.74 Å². The van der Waals surface area contributed by atoms with E-state index in [-0.39, 0.29) is 11.3 Å². The highest BCUT2D eigenvalue weighted by Crippen LogP contribution is 2.32. The van der Waals surface area contributed by atoms with Gasteiger partial charge in [0.05, 0.1) is 19.8 Å². The summed E-state index contributed by atoms with van der Waals surface area (Å²) < 4.78 is 10.4. The first kappa shape index (κ1) is 18.4. The van der Waals surface area contributed by atoms with E-state index < -0.39 is 5.97 Å². The molecule has 0 atom stereocenters. The van der Waals surface area contributed by atoms with E-state index in [1.165, 1.54) is 14.0 Å². The number of methoxy groups -OCH3 is 2. The summed E-state index contributed by atoms with van der Waals surface area (Å²) >= 11 is 4.35. The largest absolute Gasteiger partial charge is 0.496 e. The van der Waals surface area contributed by atoms with Crippen LogP contribution >= 0.6 is 12.6 Å². The topological polar surface area (TPSA) is 55.8 Å². The fourth-order valence-electron chi connectivity index (χ4n) is 1.64. The number of hydrogen-bond donors (Lipinski definition) is 2. The molecule has 20 heavy (non-hydrogen) atoms. The summed E-state index contributed by atoms with van der Waals surface area (Å²) in [7, 11) is 2.99. The van der Waals surface area contributed by atoms with Crippen molar-refractivity contribution in [3.05, 3.63) is 28.8 Å². The second-order valence-corrected chi connectivity index (χ2v) is 4.28. The third-order valence-corrected chi connectivity index (χ3v) is 2.99. The SMILES string of the molecule is CC.CO/C(=C(/C)C(=O)O)c1cc(OC)c(C)cc1S. The van der Waals surface area contributed by atoms with Crippen molar-refractivity contribution >= 4 is 24.4 Å². The van der Waals surface area contributed by atoms with Gasteiger partial charge in [0.25, 0.3) is 0 Å². The molecule has 0 bridgehead atoms. The van der Waals surface area contributed by atoms with Crippen molar-refractivity contribution in [3.63, 3.8) is 0 Å². The molecule has 0 aliphatic heterocycles. The molecule has 1 aromatic rings. The third-order valence-electron chi connectivity index (χ3n) is 2.62. The van der Waals surface area contributed by atoms with E-state index in [0.29, 0.717) is 16.2 Å².